The van der Waals surface area contributed by atoms with Crippen LogP contribution in [0.3, 0.4) is 0 Å². The fourth-order valence-corrected chi connectivity index (χ4v) is 1.08. The summed E-state index contributed by atoms with van der Waals surface area (Å²) in [5, 5.41) is 13.3. The lowest BCUT2D eigenvalue weighted by Gasteiger charge is -2.01. The second kappa shape index (κ2) is 5.21. The maximum Gasteiger partial charge on any atom is 0.0814 e. The smallest absolute Gasteiger partial charge is 0.0814 e. The molecule has 74 valence electrons. The lowest BCUT2D eigenvalue weighted by molar-refractivity contribution is 0.0853. The van der Waals surface area contributed by atoms with E-state index in [0.717, 1.165) is 5.69 Å². The Kier molecular flexibility index (Phi) is 4.21. The number of aromatic nitrogens is 2. The van der Waals surface area contributed by atoms with Crippen LogP contribution in [0.4, 0.5) is 0 Å². The second-order valence-corrected chi connectivity index (χ2v) is 3.07. The van der Waals surface area contributed by atoms with E-state index in [4.69, 9.17) is 21.4 Å². The molecule has 0 aliphatic carbocycles. The van der Waals surface area contributed by atoms with E-state index in [9.17, 15) is 0 Å². The van der Waals surface area contributed by atoms with Gasteiger partial charge in [-0.1, -0.05) is 11.6 Å². The van der Waals surface area contributed by atoms with E-state index in [1.165, 1.54) is 0 Å². The summed E-state index contributed by atoms with van der Waals surface area (Å²) in [5.74, 6) is 0. The van der Waals surface area contributed by atoms with Crippen molar-refractivity contribution >= 4 is 11.6 Å². The van der Waals surface area contributed by atoms with Crippen molar-refractivity contribution in [3.05, 3.63) is 16.9 Å². The van der Waals surface area contributed by atoms with Gasteiger partial charge in [0.2, 0.25) is 0 Å². The third-order valence-corrected chi connectivity index (χ3v) is 1.96. The average molecular weight is 205 g/mol. The molecule has 5 heteroatoms. The topological polar surface area (TPSA) is 47.3 Å². The van der Waals surface area contributed by atoms with E-state index in [2.05, 4.69) is 5.10 Å². The number of hydrogen-bond acceptors (Lipinski definition) is 3. The molecule has 13 heavy (non-hydrogen) atoms. The number of aliphatic hydroxyl groups is 1. The molecule has 0 atom stereocenters. The molecule has 0 amide bonds. The highest BCUT2D eigenvalue weighted by molar-refractivity contribution is 6.31. The largest absolute Gasteiger partial charge is 0.394 e. The van der Waals surface area contributed by atoms with Gasteiger partial charge in [-0.25, -0.2) is 0 Å². The Hall–Kier alpha value is -0.580. The predicted octanol–water partition coefficient (Wildman–Crippen LogP) is 0.854. The summed E-state index contributed by atoms with van der Waals surface area (Å²) in [6, 6.07) is 0. The minimum atomic E-state index is 0.0545. The van der Waals surface area contributed by atoms with Crippen LogP contribution >= 0.6 is 11.6 Å². The Balaban J connectivity index is 2.29. The minimum absolute atomic E-state index is 0.0545. The predicted molar refractivity (Wildman–Crippen MR) is 49.9 cm³/mol. The van der Waals surface area contributed by atoms with Gasteiger partial charge in [-0.15, -0.1) is 0 Å². The summed E-state index contributed by atoms with van der Waals surface area (Å²) in [5.41, 5.74) is 0.823. The molecule has 0 bridgehead atoms. The van der Waals surface area contributed by atoms with E-state index < -0.39 is 0 Å². The summed E-state index contributed by atoms with van der Waals surface area (Å²) in [6.45, 7) is 3.48. The van der Waals surface area contributed by atoms with Gasteiger partial charge in [-0.3, -0.25) is 4.68 Å². The molecule has 1 aromatic rings. The summed E-state index contributed by atoms with van der Waals surface area (Å²) in [4.78, 5) is 0. The molecule has 0 fully saturated rings. The zero-order valence-corrected chi connectivity index (χ0v) is 8.29. The van der Waals surface area contributed by atoms with Crippen molar-refractivity contribution in [2.45, 2.75) is 13.5 Å². The first-order valence-electron chi connectivity index (χ1n) is 4.12. The zero-order chi connectivity index (χ0) is 9.68. The summed E-state index contributed by atoms with van der Waals surface area (Å²) < 4.78 is 6.81. The number of halogens is 1. The van der Waals surface area contributed by atoms with Crippen LogP contribution in [-0.4, -0.2) is 34.7 Å². The fourth-order valence-electron chi connectivity index (χ4n) is 0.933. The highest BCUT2D eigenvalue weighted by atomic mass is 35.5. The minimum Gasteiger partial charge on any atom is -0.394 e. The highest BCUT2D eigenvalue weighted by Gasteiger charge is 2.00. The monoisotopic (exact) mass is 204 g/mol. The van der Waals surface area contributed by atoms with Gasteiger partial charge < -0.3 is 9.84 Å². The number of aryl methyl sites for hydroxylation is 1. The first kappa shape index (κ1) is 10.5. The molecule has 1 rings (SSSR count). The Labute approximate surface area is 82.1 Å². The molecule has 0 spiro atoms. The number of hydrogen-bond donors (Lipinski definition) is 1. The Morgan fingerprint density at radius 2 is 2.38 bits per heavy atom. The van der Waals surface area contributed by atoms with Crippen LogP contribution in [0.1, 0.15) is 5.69 Å². The maximum atomic E-state index is 8.44. The lowest BCUT2D eigenvalue weighted by Crippen LogP contribution is -2.08. The standard InChI is InChI=1S/C8H13ClN2O2/c1-7-8(9)6-11(10-7)2-4-13-5-3-12/h6,12H,2-5H2,1H3. The van der Waals surface area contributed by atoms with E-state index in [0.29, 0.717) is 24.8 Å². The molecular formula is C8H13ClN2O2. The lowest BCUT2D eigenvalue weighted by atomic mass is 10.5. The number of ether oxygens (including phenoxy) is 1. The van der Waals surface area contributed by atoms with Crippen molar-refractivity contribution in [3.63, 3.8) is 0 Å². The fraction of sp³-hybridized carbons (Fsp3) is 0.625. The van der Waals surface area contributed by atoms with E-state index in [1.807, 2.05) is 6.92 Å². The van der Waals surface area contributed by atoms with E-state index in [1.54, 1.807) is 10.9 Å². The second-order valence-electron chi connectivity index (χ2n) is 2.66. The van der Waals surface area contributed by atoms with Crippen molar-refractivity contribution in [3.8, 4) is 0 Å². The first-order valence-corrected chi connectivity index (χ1v) is 4.50. The SMILES string of the molecule is Cc1nn(CCOCCO)cc1Cl. The third kappa shape index (κ3) is 3.34. The normalized spacial score (nSPS) is 10.7. The Bertz CT molecular complexity index is 243. The average Bonchev–Trinajstić information content (AvgIpc) is 2.41. The molecule has 4 nitrogen and oxygen atoms in total. The summed E-state index contributed by atoms with van der Waals surface area (Å²) in [6.07, 6.45) is 1.76. The molecule has 0 saturated heterocycles. The molecule has 0 unspecified atom stereocenters. The molecule has 0 radical (unpaired) electrons. The van der Waals surface area contributed by atoms with Crippen LogP contribution in [0.5, 0.6) is 0 Å². The van der Waals surface area contributed by atoms with Crippen molar-refractivity contribution in [1.29, 1.82) is 0 Å². The van der Waals surface area contributed by atoms with Crippen LogP contribution in [0.2, 0.25) is 5.02 Å². The van der Waals surface area contributed by atoms with Crippen molar-refractivity contribution in [1.82, 2.24) is 9.78 Å². The Morgan fingerprint density at radius 3 is 2.92 bits per heavy atom. The van der Waals surface area contributed by atoms with E-state index >= 15 is 0 Å². The quantitative estimate of drug-likeness (QED) is 0.724. The molecule has 0 aromatic carbocycles. The third-order valence-electron chi connectivity index (χ3n) is 1.59. The van der Waals surface area contributed by atoms with Gasteiger partial charge in [0.05, 0.1) is 37.1 Å². The van der Waals surface area contributed by atoms with Crippen molar-refractivity contribution in [2.24, 2.45) is 0 Å². The van der Waals surface area contributed by atoms with E-state index in [-0.39, 0.29) is 6.61 Å². The first-order chi connectivity index (χ1) is 6.24. The van der Waals surface area contributed by atoms with Crippen LogP contribution in [0, 0.1) is 6.92 Å². The summed E-state index contributed by atoms with van der Waals surface area (Å²) in [7, 11) is 0. The molecular weight excluding hydrogens is 192 g/mol. The highest BCUT2D eigenvalue weighted by Crippen LogP contribution is 2.11. The van der Waals surface area contributed by atoms with Gasteiger partial charge >= 0.3 is 0 Å². The van der Waals surface area contributed by atoms with Crippen LogP contribution in [-0.2, 0) is 11.3 Å². The van der Waals surface area contributed by atoms with Crippen molar-refractivity contribution in [2.75, 3.05) is 19.8 Å². The van der Waals surface area contributed by atoms with Gasteiger partial charge in [0.25, 0.3) is 0 Å². The molecule has 1 heterocycles. The number of nitrogens with zero attached hydrogens (tertiary/aromatic N) is 2. The van der Waals surface area contributed by atoms with Crippen LogP contribution in [0.15, 0.2) is 6.20 Å². The van der Waals surface area contributed by atoms with Gasteiger partial charge in [-0.2, -0.15) is 5.10 Å². The molecule has 0 aliphatic heterocycles. The van der Waals surface area contributed by atoms with Gasteiger partial charge in [0, 0.05) is 6.20 Å². The number of aliphatic hydroxyl groups excluding tert-OH is 1. The molecule has 0 saturated carbocycles. The number of rotatable bonds is 5. The van der Waals surface area contributed by atoms with Gasteiger partial charge in [-0.05, 0) is 6.92 Å². The molecule has 1 N–H and O–H groups in total. The van der Waals surface area contributed by atoms with Crippen LogP contribution < -0.4 is 0 Å². The van der Waals surface area contributed by atoms with Gasteiger partial charge in [0.1, 0.15) is 0 Å². The molecule has 0 aliphatic rings. The molecule has 1 aromatic heterocycles. The van der Waals surface area contributed by atoms with Crippen molar-refractivity contribution < 1.29 is 9.84 Å². The summed E-state index contributed by atoms with van der Waals surface area (Å²) >= 11 is 5.81. The van der Waals surface area contributed by atoms with Crippen LogP contribution in [0.25, 0.3) is 0 Å². The zero-order valence-electron chi connectivity index (χ0n) is 7.53. The maximum absolute atomic E-state index is 8.44. The Morgan fingerprint density at radius 1 is 1.62 bits per heavy atom. The van der Waals surface area contributed by atoms with Gasteiger partial charge in [0.15, 0.2) is 0 Å².